The zero-order valence-corrected chi connectivity index (χ0v) is 13.6. The molecule has 0 atom stereocenters. The number of fused-ring (bicyclic) bond motifs is 1. The summed E-state index contributed by atoms with van der Waals surface area (Å²) in [6.45, 7) is 1.90. The predicted octanol–water partition coefficient (Wildman–Crippen LogP) is 4.52. The van der Waals surface area contributed by atoms with E-state index < -0.39 is 0 Å². The topological polar surface area (TPSA) is 51.2 Å². The molecule has 0 saturated heterocycles. The first-order valence-electron chi connectivity index (χ1n) is 6.60. The lowest BCUT2D eigenvalue weighted by Crippen LogP contribution is -2.13. The van der Waals surface area contributed by atoms with Gasteiger partial charge in [-0.05, 0) is 30.7 Å². The summed E-state index contributed by atoms with van der Waals surface area (Å²) in [5.74, 6) is 0.315. The van der Waals surface area contributed by atoms with Crippen molar-refractivity contribution in [2.75, 3.05) is 12.4 Å². The number of methoxy groups -OCH3 is 1. The van der Waals surface area contributed by atoms with Crippen LogP contribution in [0.15, 0.2) is 36.4 Å². The molecule has 22 heavy (non-hydrogen) atoms. The third kappa shape index (κ3) is 2.65. The van der Waals surface area contributed by atoms with E-state index in [1.807, 2.05) is 31.2 Å². The maximum Gasteiger partial charge on any atom is 0.261 e. The first kappa shape index (κ1) is 14.8. The number of aromatic nitrogens is 1. The smallest absolute Gasteiger partial charge is 0.261 e. The zero-order chi connectivity index (χ0) is 15.7. The molecule has 112 valence electrons. The fraction of sp³-hybridized carbons (Fsp3) is 0.125. The minimum Gasteiger partial charge on any atom is -0.496 e. The monoisotopic (exact) mass is 332 g/mol. The first-order valence-corrected chi connectivity index (χ1v) is 7.79. The number of amides is 1. The van der Waals surface area contributed by atoms with Gasteiger partial charge in [0.25, 0.3) is 5.91 Å². The van der Waals surface area contributed by atoms with Crippen LogP contribution in [0.25, 0.3) is 10.2 Å². The Morgan fingerprint density at radius 3 is 2.77 bits per heavy atom. The summed E-state index contributed by atoms with van der Waals surface area (Å²) in [6, 6.07) is 11.0. The second-order valence-corrected chi connectivity index (χ2v) is 6.15. The summed E-state index contributed by atoms with van der Waals surface area (Å²) >= 11 is 7.49. The van der Waals surface area contributed by atoms with E-state index in [0.717, 1.165) is 10.3 Å². The summed E-state index contributed by atoms with van der Waals surface area (Å²) in [5, 5.41) is 3.89. The Hall–Kier alpha value is -2.11. The molecule has 0 spiro atoms. The van der Waals surface area contributed by atoms with E-state index in [2.05, 4.69) is 10.3 Å². The average molecular weight is 333 g/mol. The van der Waals surface area contributed by atoms with Crippen LogP contribution in [0.2, 0.25) is 5.02 Å². The predicted molar refractivity (Wildman–Crippen MR) is 90.3 cm³/mol. The van der Waals surface area contributed by atoms with Gasteiger partial charge in [0.05, 0.1) is 22.4 Å². The Morgan fingerprint density at radius 1 is 1.27 bits per heavy atom. The Labute approximate surface area is 136 Å². The maximum absolute atomic E-state index is 12.5. The molecule has 0 bridgehead atoms. The van der Waals surface area contributed by atoms with E-state index >= 15 is 0 Å². The van der Waals surface area contributed by atoms with Crippen LogP contribution in [-0.2, 0) is 0 Å². The molecule has 0 unspecified atom stereocenters. The van der Waals surface area contributed by atoms with Crippen LogP contribution < -0.4 is 10.1 Å². The van der Waals surface area contributed by atoms with Crippen LogP contribution in [0.4, 0.5) is 5.13 Å². The van der Waals surface area contributed by atoms with E-state index in [-0.39, 0.29) is 5.91 Å². The van der Waals surface area contributed by atoms with Gasteiger partial charge in [0, 0.05) is 0 Å². The highest BCUT2D eigenvalue weighted by Gasteiger charge is 2.16. The van der Waals surface area contributed by atoms with Crippen LogP contribution in [-0.4, -0.2) is 18.0 Å². The van der Waals surface area contributed by atoms with Gasteiger partial charge in [-0.15, -0.1) is 0 Å². The SMILES string of the molecule is COc1c(C)cccc1C(=O)Nc1nc2c(Cl)cccc2s1. The van der Waals surface area contributed by atoms with Crippen molar-refractivity contribution < 1.29 is 9.53 Å². The summed E-state index contributed by atoms with van der Waals surface area (Å²) < 4.78 is 6.24. The average Bonchev–Trinajstić information content (AvgIpc) is 2.91. The fourth-order valence-electron chi connectivity index (χ4n) is 2.24. The number of halogens is 1. The molecule has 0 radical (unpaired) electrons. The van der Waals surface area contributed by atoms with E-state index in [1.165, 1.54) is 11.3 Å². The normalized spacial score (nSPS) is 10.7. The molecule has 0 aliphatic carbocycles. The number of nitrogens with zero attached hydrogens (tertiary/aromatic N) is 1. The fourth-order valence-corrected chi connectivity index (χ4v) is 3.40. The van der Waals surface area contributed by atoms with E-state index in [1.54, 1.807) is 19.2 Å². The number of carbonyl (C=O) groups excluding carboxylic acids is 1. The number of hydrogen-bond acceptors (Lipinski definition) is 4. The summed E-state index contributed by atoms with van der Waals surface area (Å²) in [6.07, 6.45) is 0. The molecule has 0 fully saturated rings. The Bertz CT molecular complexity index is 860. The molecule has 2 aromatic carbocycles. The highest BCUT2D eigenvalue weighted by molar-refractivity contribution is 7.22. The van der Waals surface area contributed by atoms with Crippen molar-refractivity contribution >= 4 is 44.2 Å². The summed E-state index contributed by atoms with van der Waals surface area (Å²) in [7, 11) is 1.55. The molecule has 4 nitrogen and oxygen atoms in total. The number of hydrogen-bond donors (Lipinski definition) is 1. The quantitative estimate of drug-likeness (QED) is 0.767. The minimum absolute atomic E-state index is 0.254. The Balaban J connectivity index is 1.93. The van der Waals surface area contributed by atoms with Crippen LogP contribution in [0.1, 0.15) is 15.9 Å². The van der Waals surface area contributed by atoms with Crippen molar-refractivity contribution in [3.8, 4) is 5.75 Å². The lowest BCUT2D eigenvalue weighted by atomic mass is 10.1. The number of nitrogens with one attached hydrogen (secondary N) is 1. The Kier molecular flexibility index (Phi) is 4.00. The van der Waals surface area contributed by atoms with Gasteiger partial charge in [0.1, 0.15) is 11.3 Å². The van der Waals surface area contributed by atoms with Crippen LogP contribution >= 0.6 is 22.9 Å². The third-order valence-electron chi connectivity index (χ3n) is 3.25. The van der Waals surface area contributed by atoms with Crippen molar-refractivity contribution in [1.29, 1.82) is 0 Å². The number of rotatable bonds is 3. The molecule has 0 saturated carbocycles. The van der Waals surface area contributed by atoms with Gasteiger partial charge in [-0.2, -0.15) is 0 Å². The largest absolute Gasteiger partial charge is 0.496 e. The standard InChI is InChI=1S/C16H13ClN2O2S/c1-9-5-3-6-10(14(9)21-2)15(20)19-16-18-13-11(17)7-4-8-12(13)22-16/h3-8H,1-2H3,(H,18,19,20). The van der Waals surface area contributed by atoms with Gasteiger partial charge >= 0.3 is 0 Å². The molecular weight excluding hydrogens is 320 g/mol. The van der Waals surface area contributed by atoms with Gasteiger partial charge in [-0.1, -0.05) is 41.1 Å². The molecule has 6 heteroatoms. The molecule has 1 amide bonds. The molecule has 3 rings (SSSR count). The third-order valence-corrected chi connectivity index (χ3v) is 4.49. The zero-order valence-electron chi connectivity index (χ0n) is 12.0. The highest BCUT2D eigenvalue weighted by atomic mass is 35.5. The molecular formula is C16H13ClN2O2S. The molecule has 0 aliphatic rings. The van der Waals surface area contributed by atoms with Crippen molar-refractivity contribution in [2.24, 2.45) is 0 Å². The summed E-state index contributed by atoms with van der Waals surface area (Å²) in [4.78, 5) is 16.8. The van der Waals surface area contributed by atoms with Crippen molar-refractivity contribution in [1.82, 2.24) is 4.98 Å². The van der Waals surface area contributed by atoms with Crippen LogP contribution in [0.5, 0.6) is 5.75 Å². The van der Waals surface area contributed by atoms with Crippen molar-refractivity contribution in [3.63, 3.8) is 0 Å². The van der Waals surface area contributed by atoms with E-state index in [0.29, 0.717) is 27.0 Å². The van der Waals surface area contributed by atoms with Gasteiger partial charge in [0.2, 0.25) is 0 Å². The second kappa shape index (κ2) is 5.94. The summed E-state index contributed by atoms with van der Waals surface area (Å²) in [5.41, 5.74) is 2.08. The van der Waals surface area contributed by atoms with Crippen LogP contribution in [0, 0.1) is 6.92 Å². The number of benzene rings is 2. The Morgan fingerprint density at radius 2 is 2.05 bits per heavy atom. The number of anilines is 1. The number of ether oxygens (including phenoxy) is 1. The molecule has 1 heterocycles. The molecule has 0 aliphatic heterocycles. The maximum atomic E-state index is 12.5. The number of para-hydroxylation sites is 2. The van der Waals surface area contributed by atoms with E-state index in [9.17, 15) is 4.79 Å². The van der Waals surface area contributed by atoms with Gasteiger partial charge in [0.15, 0.2) is 5.13 Å². The molecule has 1 N–H and O–H groups in total. The van der Waals surface area contributed by atoms with Gasteiger partial charge < -0.3 is 4.74 Å². The van der Waals surface area contributed by atoms with Gasteiger partial charge in [-0.25, -0.2) is 4.98 Å². The van der Waals surface area contributed by atoms with Gasteiger partial charge in [-0.3, -0.25) is 10.1 Å². The number of thiazole rings is 1. The second-order valence-electron chi connectivity index (χ2n) is 4.72. The lowest BCUT2D eigenvalue weighted by Gasteiger charge is -2.10. The van der Waals surface area contributed by atoms with E-state index in [4.69, 9.17) is 16.3 Å². The van der Waals surface area contributed by atoms with Crippen LogP contribution in [0.3, 0.4) is 0 Å². The molecule has 3 aromatic rings. The highest BCUT2D eigenvalue weighted by Crippen LogP contribution is 2.31. The number of aryl methyl sites for hydroxylation is 1. The van der Waals surface area contributed by atoms with Crippen molar-refractivity contribution in [2.45, 2.75) is 6.92 Å². The number of carbonyl (C=O) groups is 1. The molecule has 1 aromatic heterocycles. The minimum atomic E-state index is -0.254. The first-order chi connectivity index (χ1) is 10.6. The van der Waals surface area contributed by atoms with Crippen molar-refractivity contribution in [3.05, 3.63) is 52.5 Å². The lowest BCUT2D eigenvalue weighted by molar-refractivity contribution is 0.102.